The zero-order valence-electron chi connectivity index (χ0n) is 20.3. The minimum Gasteiger partial charge on any atom is -0.507 e. The summed E-state index contributed by atoms with van der Waals surface area (Å²) in [5.74, 6) is -1.22. The molecule has 0 fully saturated rings. The van der Waals surface area contributed by atoms with Crippen LogP contribution in [0.3, 0.4) is 0 Å². The number of rotatable bonds is 12. The molecule has 194 valence electrons. The summed E-state index contributed by atoms with van der Waals surface area (Å²) >= 11 is 0. The third-order valence-corrected chi connectivity index (χ3v) is 5.19. The van der Waals surface area contributed by atoms with Gasteiger partial charge in [-0.05, 0) is 51.5 Å². The lowest BCUT2D eigenvalue weighted by molar-refractivity contribution is -0.135. The van der Waals surface area contributed by atoms with E-state index in [0.29, 0.717) is 25.7 Å². The summed E-state index contributed by atoms with van der Waals surface area (Å²) in [5.41, 5.74) is -0.477. The molecule has 0 aliphatic carbocycles. The molecule has 1 rings (SSSR count). The molecule has 1 amide bonds. The molecule has 7 nitrogen and oxygen atoms in total. The SMILES string of the molecule is COC(=O)N/C=C/CC[C@H](C)c1cc(O)c(C(=O)/C(C)=C/C=C(/C)CCCCC(F)(F)F)c(=O)o1. The molecule has 1 aromatic rings. The third kappa shape index (κ3) is 11.1. The van der Waals surface area contributed by atoms with Gasteiger partial charge in [0.15, 0.2) is 5.78 Å². The number of hydrogen-bond acceptors (Lipinski definition) is 6. The van der Waals surface area contributed by atoms with Gasteiger partial charge >= 0.3 is 17.9 Å². The highest BCUT2D eigenvalue weighted by Crippen LogP contribution is 2.26. The summed E-state index contributed by atoms with van der Waals surface area (Å²) in [6, 6.07) is 1.24. The highest BCUT2D eigenvalue weighted by atomic mass is 19.4. The van der Waals surface area contributed by atoms with Crippen LogP contribution in [0.25, 0.3) is 0 Å². The summed E-state index contributed by atoms with van der Waals surface area (Å²) < 4.78 is 46.3. The van der Waals surface area contributed by atoms with Crippen molar-refractivity contribution >= 4 is 11.9 Å². The molecule has 1 heterocycles. The molecular formula is C25H32F3NO6. The monoisotopic (exact) mass is 499 g/mol. The minimum absolute atomic E-state index is 0.0245. The molecule has 0 bridgehead atoms. The maximum absolute atomic E-state index is 12.7. The van der Waals surface area contributed by atoms with Crippen molar-refractivity contribution in [3.63, 3.8) is 0 Å². The fraction of sp³-hybridized carbons (Fsp3) is 0.480. The summed E-state index contributed by atoms with van der Waals surface area (Å²) in [7, 11) is 1.25. The van der Waals surface area contributed by atoms with Crippen LogP contribution in [0.15, 0.2) is 50.9 Å². The van der Waals surface area contributed by atoms with E-state index in [0.717, 1.165) is 5.57 Å². The molecule has 2 N–H and O–H groups in total. The molecular weight excluding hydrogens is 467 g/mol. The van der Waals surface area contributed by atoms with Crippen molar-refractivity contribution in [2.75, 3.05) is 7.11 Å². The van der Waals surface area contributed by atoms with Gasteiger partial charge in [0, 0.05) is 24.6 Å². The lowest BCUT2D eigenvalue weighted by atomic mass is 9.99. The lowest BCUT2D eigenvalue weighted by Crippen LogP contribution is -2.16. The number of amides is 1. The number of hydrogen-bond donors (Lipinski definition) is 2. The van der Waals surface area contributed by atoms with Gasteiger partial charge < -0.3 is 14.3 Å². The average Bonchev–Trinajstić information content (AvgIpc) is 2.78. The van der Waals surface area contributed by atoms with Crippen LogP contribution in [0.4, 0.5) is 18.0 Å². The van der Waals surface area contributed by atoms with Gasteiger partial charge in [-0.25, -0.2) is 9.59 Å². The second-order valence-electron chi connectivity index (χ2n) is 8.23. The van der Waals surface area contributed by atoms with Crippen LogP contribution >= 0.6 is 0 Å². The second kappa shape index (κ2) is 14.2. The Morgan fingerprint density at radius 1 is 1.23 bits per heavy atom. The highest BCUT2D eigenvalue weighted by molar-refractivity contribution is 6.09. The molecule has 0 aromatic carbocycles. The number of ether oxygens (including phenoxy) is 1. The first-order chi connectivity index (χ1) is 16.4. The first-order valence-corrected chi connectivity index (χ1v) is 11.2. The number of allylic oxidation sites excluding steroid dienone is 5. The minimum atomic E-state index is -4.17. The van der Waals surface area contributed by atoms with E-state index in [1.165, 1.54) is 32.4 Å². The number of nitrogens with one attached hydrogen (secondary N) is 1. The predicted molar refractivity (Wildman–Crippen MR) is 125 cm³/mol. The zero-order valence-corrected chi connectivity index (χ0v) is 20.3. The number of aromatic hydroxyl groups is 1. The van der Waals surface area contributed by atoms with E-state index < -0.39 is 41.4 Å². The number of unbranched alkanes of at least 4 members (excludes halogenated alkanes) is 1. The summed E-state index contributed by atoms with van der Waals surface area (Å²) in [6.45, 7) is 5.00. The van der Waals surface area contributed by atoms with Gasteiger partial charge in [-0.1, -0.05) is 30.7 Å². The van der Waals surface area contributed by atoms with Crippen LogP contribution in [0.5, 0.6) is 5.75 Å². The summed E-state index contributed by atoms with van der Waals surface area (Å²) in [5, 5.41) is 12.7. The number of alkyl carbamates (subject to hydrolysis) is 1. The molecule has 0 spiro atoms. The molecule has 0 saturated heterocycles. The Balaban J connectivity index is 2.79. The second-order valence-corrected chi connectivity index (χ2v) is 8.23. The predicted octanol–water partition coefficient (Wildman–Crippen LogP) is 6.30. The smallest absolute Gasteiger partial charge is 0.410 e. The standard InChI is InChI=1S/C25H32F3NO6/c1-16(9-5-7-13-25(26,27)28)11-12-18(3)22(31)21-19(30)15-20(35-23(21)32)17(2)10-6-8-14-29-24(33)34-4/h8,11-12,14-15,17,30H,5-7,9-10,13H2,1-4H3,(H,29,33)/b14-8+,16-11-,18-12+/t17-/m0/s1. The Hall–Kier alpha value is -3.30. The van der Waals surface area contributed by atoms with E-state index in [1.54, 1.807) is 26.0 Å². The maximum Gasteiger partial charge on any atom is 0.410 e. The van der Waals surface area contributed by atoms with Gasteiger partial charge in [-0.2, -0.15) is 13.2 Å². The van der Waals surface area contributed by atoms with Crippen molar-refractivity contribution in [3.8, 4) is 5.75 Å². The first-order valence-electron chi connectivity index (χ1n) is 11.2. The van der Waals surface area contributed by atoms with Gasteiger partial charge in [0.2, 0.25) is 0 Å². The molecule has 1 atom stereocenters. The fourth-order valence-electron chi connectivity index (χ4n) is 3.06. The van der Waals surface area contributed by atoms with Crippen molar-refractivity contribution in [2.45, 2.75) is 71.4 Å². The van der Waals surface area contributed by atoms with Crippen LogP contribution in [0, 0.1) is 0 Å². The van der Waals surface area contributed by atoms with Gasteiger partial charge in [0.1, 0.15) is 17.1 Å². The normalized spacial score (nSPS) is 13.7. The lowest BCUT2D eigenvalue weighted by Gasteiger charge is -2.11. The number of ketones is 1. The van der Waals surface area contributed by atoms with Gasteiger partial charge in [0.25, 0.3) is 0 Å². The first kappa shape index (κ1) is 29.7. The van der Waals surface area contributed by atoms with Crippen molar-refractivity contribution in [1.82, 2.24) is 5.32 Å². The van der Waals surface area contributed by atoms with E-state index in [9.17, 15) is 32.7 Å². The van der Waals surface area contributed by atoms with Crippen LogP contribution in [-0.2, 0) is 4.74 Å². The number of methoxy groups -OCH3 is 1. The van der Waals surface area contributed by atoms with Crippen molar-refractivity contribution in [1.29, 1.82) is 0 Å². The molecule has 0 aliphatic rings. The van der Waals surface area contributed by atoms with Crippen molar-refractivity contribution in [3.05, 3.63) is 63.4 Å². The van der Waals surface area contributed by atoms with E-state index in [1.807, 2.05) is 0 Å². The summed E-state index contributed by atoms with van der Waals surface area (Å²) in [6.07, 6.45) is 2.53. The fourth-order valence-corrected chi connectivity index (χ4v) is 3.06. The Kier molecular flexibility index (Phi) is 12.0. The average molecular weight is 500 g/mol. The van der Waals surface area contributed by atoms with Gasteiger partial charge in [0.05, 0.1) is 7.11 Å². The number of Topliss-reactive ketones (excluding diaryl/α,β-unsaturated/α-hetero) is 1. The molecule has 0 aliphatic heterocycles. The number of halogens is 3. The zero-order chi connectivity index (χ0) is 26.6. The van der Waals surface area contributed by atoms with Crippen LogP contribution in [-0.4, -0.2) is 30.3 Å². The third-order valence-electron chi connectivity index (χ3n) is 5.19. The summed E-state index contributed by atoms with van der Waals surface area (Å²) in [4.78, 5) is 36.1. The Bertz CT molecular complexity index is 1020. The Labute approximate surface area is 202 Å². The number of alkyl halides is 3. The van der Waals surface area contributed by atoms with E-state index >= 15 is 0 Å². The van der Waals surface area contributed by atoms with Gasteiger partial charge in [-0.3, -0.25) is 10.1 Å². The largest absolute Gasteiger partial charge is 0.507 e. The van der Waals surface area contributed by atoms with E-state index in [-0.39, 0.29) is 23.7 Å². The van der Waals surface area contributed by atoms with Crippen molar-refractivity contribution < 1.29 is 37.0 Å². The Morgan fingerprint density at radius 3 is 2.51 bits per heavy atom. The molecule has 35 heavy (non-hydrogen) atoms. The van der Waals surface area contributed by atoms with Gasteiger partial charge in [-0.15, -0.1) is 0 Å². The Morgan fingerprint density at radius 2 is 1.91 bits per heavy atom. The van der Waals surface area contributed by atoms with Crippen LogP contribution in [0.1, 0.15) is 81.3 Å². The maximum atomic E-state index is 12.7. The quantitative estimate of drug-likeness (QED) is 0.151. The molecule has 10 heteroatoms. The molecule has 1 aromatic heterocycles. The number of carbonyl (C=O) groups excluding carboxylic acids is 2. The molecule has 0 unspecified atom stereocenters. The van der Waals surface area contributed by atoms with Crippen molar-refractivity contribution in [2.24, 2.45) is 0 Å². The topological polar surface area (TPSA) is 106 Å². The van der Waals surface area contributed by atoms with E-state index in [4.69, 9.17) is 4.42 Å². The highest BCUT2D eigenvalue weighted by Gasteiger charge is 2.25. The number of carbonyl (C=O) groups is 2. The van der Waals surface area contributed by atoms with E-state index in [2.05, 4.69) is 10.1 Å². The molecule has 0 radical (unpaired) electrons. The van der Waals surface area contributed by atoms with Crippen LogP contribution < -0.4 is 10.9 Å². The van der Waals surface area contributed by atoms with Crippen LogP contribution in [0.2, 0.25) is 0 Å². The molecule has 0 saturated carbocycles.